The maximum atomic E-state index is 9.27. The van der Waals surface area contributed by atoms with Crippen LogP contribution in [0.2, 0.25) is 0 Å². The van der Waals surface area contributed by atoms with E-state index in [0.29, 0.717) is 18.1 Å². The molecule has 1 aliphatic heterocycles. The van der Waals surface area contributed by atoms with Crippen LogP contribution < -0.4 is 0 Å². The highest BCUT2D eigenvalue weighted by molar-refractivity contribution is 4.87. The fourth-order valence-electron chi connectivity index (χ4n) is 2.49. The van der Waals surface area contributed by atoms with Crippen LogP contribution in [0.3, 0.4) is 0 Å². The maximum absolute atomic E-state index is 9.27. The van der Waals surface area contributed by atoms with Crippen LogP contribution in [-0.4, -0.2) is 23.9 Å². The molecule has 0 aromatic heterocycles. The molecule has 0 radical (unpaired) electrons. The van der Waals surface area contributed by atoms with E-state index in [-0.39, 0.29) is 6.10 Å². The van der Waals surface area contributed by atoms with Gasteiger partial charge < -0.3 is 9.84 Å². The van der Waals surface area contributed by atoms with Crippen molar-refractivity contribution in [3.63, 3.8) is 0 Å². The Morgan fingerprint density at radius 3 is 2.62 bits per heavy atom. The minimum Gasteiger partial charge on any atom is -0.391 e. The maximum Gasteiger partial charge on any atom is 0.0774 e. The Morgan fingerprint density at radius 1 is 1.38 bits per heavy atom. The summed E-state index contributed by atoms with van der Waals surface area (Å²) in [6.07, 6.45) is 7.55. The molecule has 0 bridgehead atoms. The third-order valence-electron chi connectivity index (χ3n) is 3.63. The summed E-state index contributed by atoms with van der Waals surface area (Å²) in [6, 6.07) is 0. The second-order valence-corrected chi connectivity index (χ2v) is 5.05. The van der Waals surface area contributed by atoms with Crippen LogP contribution in [0.1, 0.15) is 45.4 Å². The molecule has 13 heavy (non-hydrogen) atoms. The molecule has 1 aliphatic carbocycles. The molecule has 2 aliphatic rings. The molecular weight excluding hydrogens is 164 g/mol. The second-order valence-electron chi connectivity index (χ2n) is 5.05. The number of hydrogen-bond donors (Lipinski definition) is 1. The highest BCUT2D eigenvalue weighted by Gasteiger charge is 2.35. The molecule has 0 aromatic rings. The SMILES string of the molecule is CC1(CC2CCC(O)CO2)CCC1. The monoisotopic (exact) mass is 184 g/mol. The fourth-order valence-corrected chi connectivity index (χ4v) is 2.49. The van der Waals surface area contributed by atoms with Gasteiger partial charge in [-0.1, -0.05) is 13.3 Å². The third kappa shape index (κ3) is 2.23. The number of hydrogen-bond acceptors (Lipinski definition) is 2. The van der Waals surface area contributed by atoms with Gasteiger partial charge in [0.1, 0.15) is 0 Å². The zero-order valence-corrected chi connectivity index (χ0v) is 8.46. The molecule has 0 amide bonds. The summed E-state index contributed by atoms with van der Waals surface area (Å²) >= 11 is 0. The predicted molar refractivity (Wildman–Crippen MR) is 51.6 cm³/mol. The van der Waals surface area contributed by atoms with E-state index >= 15 is 0 Å². The van der Waals surface area contributed by atoms with Gasteiger partial charge >= 0.3 is 0 Å². The van der Waals surface area contributed by atoms with E-state index < -0.39 is 0 Å². The molecular formula is C11H20O2. The Kier molecular flexibility index (Phi) is 2.61. The van der Waals surface area contributed by atoms with E-state index in [1.807, 2.05) is 0 Å². The van der Waals surface area contributed by atoms with Crippen LogP contribution in [-0.2, 0) is 4.74 Å². The van der Waals surface area contributed by atoms with E-state index in [1.165, 1.54) is 25.7 Å². The highest BCUT2D eigenvalue weighted by Crippen LogP contribution is 2.45. The van der Waals surface area contributed by atoms with Crippen LogP contribution >= 0.6 is 0 Å². The number of rotatable bonds is 2. The molecule has 1 saturated heterocycles. The van der Waals surface area contributed by atoms with Gasteiger partial charge in [-0.3, -0.25) is 0 Å². The van der Waals surface area contributed by atoms with Gasteiger partial charge in [-0.2, -0.15) is 0 Å². The molecule has 2 fully saturated rings. The Labute approximate surface area is 80.3 Å². The molecule has 2 heteroatoms. The lowest BCUT2D eigenvalue weighted by Crippen LogP contribution is -2.36. The first kappa shape index (κ1) is 9.47. The summed E-state index contributed by atoms with van der Waals surface area (Å²) in [6.45, 7) is 2.92. The van der Waals surface area contributed by atoms with Crippen LogP contribution in [0.15, 0.2) is 0 Å². The molecule has 76 valence electrons. The Hall–Kier alpha value is -0.0800. The van der Waals surface area contributed by atoms with Crippen molar-refractivity contribution in [3.05, 3.63) is 0 Å². The highest BCUT2D eigenvalue weighted by atomic mass is 16.5. The zero-order chi connectivity index (χ0) is 9.31. The Balaban J connectivity index is 1.76. The van der Waals surface area contributed by atoms with Gasteiger partial charge in [0.05, 0.1) is 18.8 Å². The lowest BCUT2D eigenvalue weighted by atomic mass is 9.67. The minimum absolute atomic E-state index is 0.203. The predicted octanol–water partition coefficient (Wildman–Crippen LogP) is 2.11. The average molecular weight is 184 g/mol. The Bertz CT molecular complexity index is 167. The van der Waals surface area contributed by atoms with Crippen molar-refractivity contribution < 1.29 is 9.84 Å². The molecule has 2 rings (SSSR count). The quantitative estimate of drug-likeness (QED) is 0.712. The van der Waals surface area contributed by atoms with Crippen LogP contribution in [0.5, 0.6) is 0 Å². The summed E-state index contributed by atoms with van der Waals surface area (Å²) in [5.74, 6) is 0. The number of ether oxygens (including phenoxy) is 1. The molecule has 0 aromatic carbocycles. The normalized spacial score (nSPS) is 38.3. The smallest absolute Gasteiger partial charge is 0.0774 e. The van der Waals surface area contributed by atoms with Gasteiger partial charge in [0.15, 0.2) is 0 Å². The van der Waals surface area contributed by atoms with Gasteiger partial charge in [-0.15, -0.1) is 0 Å². The molecule has 0 spiro atoms. The lowest BCUT2D eigenvalue weighted by molar-refractivity contribution is -0.0793. The standard InChI is InChI=1S/C11H20O2/c1-11(5-2-6-11)7-10-4-3-9(12)8-13-10/h9-10,12H,2-8H2,1H3. The minimum atomic E-state index is -0.203. The van der Waals surface area contributed by atoms with E-state index in [4.69, 9.17) is 4.74 Å². The fraction of sp³-hybridized carbons (Fsp3) is 1.00. The van der Waals surface area contributed by atoms with Crippen molar-refractivity contribution in [1.82, 2.24) is 0 Å². The first-order valence-electron chi connectivity index (χ1n) is 5.48. The van der Waals surface area contributed by atoms with Gasteiger partial charge in [0.2, 0.25) is 0 Å². The summed E-state index contributed by atoms with van der Waals surface area (Å²) in [5.41, 5.74) is 0.562. The number of aliphatic hydroxyl groups is 1. The lowest BCUT2D eigenvalue weighted by Gasteiger charge is -2.42. The molecule has 2 unspecified atom stereocenters. The summed E-state index contributed by atoms with van der Waals surface area (Å²) < 4.78 is 5.61. The van der Waals surface area contributed by atoms with E-state index in [1.54, 1.807) is 0 Å². The van der Waals surface area contributed by atoms with Crippen LogP contribution in [0, 0.1) is 5.41 Å². The first-order valence-corrected chi connectivity index (χ1v) is 5.48. The zero-order valence-electron chi connectivity index (χ0n) is 8.46. The molecule has 1 heterocycles. The van der Waals surface area contributed by atoms with Crippen molar-refractivity contribution in [2.24, 2.45) is 5.41 Å². The molecule has 1 saturated carbocycles. The van der Waals surface area contributed by atoms with Gasteiger partial charge in [-0.25, -0.2) is 0 Å². The second kappa shape index (κ2) is 3.58. The van der Waals surface area contributed by atoms with Crippen LogP contribution in [0.4, 0.5) is 0 Å². The topological polar surface area (TPSA) is 29.5 Å². The van der Waals surface area contributed by atoms with Gasteiger partial charge in [0.25, 0.3) is 0 Å². The van der Waals surface area contributed by atoms with Crippen molar-refractivity contribution in [2.75, 3.05) is 6.61 Å². The summed E-state index contributed by atoms with van der Waals surface area (Å²) in [4.78, 5) is 0. The summed E-state index contributed by atoms with van der Waals surface area (Å²) in [5, 5.41) is 9.27. The molecule has 2 atom stereocenters. The average Bonchev–Trinajstić information content (AvgIpc) is 2.06. The van der Waals surface area contributed by atoms with Crippen LogP contribution in [0.25, 0.3) is 0 Å². The van der Waals surface area contributed by atoms with Crippen molar-refractivity contribution >= 4 is 0 Å². The van der Waals surface area contributed by atoms with Gasteiger partial charge in [0, 0.05) is 0 Å². The summed E-state index contributed by atoms with van der Waals surface area (Å²) in [7, 11) is 0. The largest absolute Gasteiger partial charge is 0.391 e. The molecule has 1 N–H and O–H groups in total. The van der Waals surface area contributed by atoms with Crippen molar-refractivity contribution in [1.29, 1.82) is 0 Å². The van der Waals surface area contributed by atoms with Crippen molar-refractivity contribution in [2.45, 2.75) is 57.7 Å². The molecule has 2 nitrogen and oxygen atoms in total. The van der Waals surface area contributed by atoms with E-state index in [0.717, 1.165) is 12.8 Å². The van der Waals surface area contributed by atoms with Gasteiger partial charge in [-0.05, 0) is 37.5 Å². The Morgan fingerprint density at radius 2 is 2.15 bits per heavy atom. The number of aliphatic hydroxyl groups excluding tert-OH is 1. The first-order chi connectivity index (χ1) is 6.18. The van der Waals surface area contributed by atoms with Crippen molar-refractivity contribution in [3.8, 4) is 0 Å². The van der Waals surface area contributed by atoms with E-state index in [9.17, 15) is 5.11 Å². The van der Waals surface area contributed by atoms with E-state index in [2.05, 4.69) is 6.92 Å². The third-order valence-corrected chi connectivity index (χ3v) is 3.63.